The second kappa shape index (κ2) is 5.89. The Morgan fingerprint density at radius 1 is 1.08 bits per heavy atom. The lowest BCUT2D eigenvalue weighted by atomic mass is 9.94. The highest BCUT2D eigenvalue weighted by atomic mass is 35.5. The number of halogens is 1. The van der Waals surface area contributed by atoms with Crippen LogP contribution in [-0.4, -0.2) is 31.4 Å². The largest absolute Gasteiger partial charge is 0.508 e. The van der Waals surface area contributed by atoms with Gasteiger partial charge in [0.05, 0.1) is 16.7 Å². The van der Waals surface area contributed by atoms with Crippen molar-refractivity contribution in [1.29, 1.82) is 0 Å². The summed E-state index contributed by atoms with van der Waals surface area (Å²) in [6.45, 7) is 1.82. The second-order valence-electron chi connectivity index (χ2n) is 5.87. The summed E-state index contributed by atoms with van der Waals surface area (Å²) < 4.78 is 0. The van der Waals surface area contributed by atoms with Gasteiger partial charge in [-0.1, -0.05) is 30.3 Å². The van der Waals surface area contributed by atoms with Crippen LogP contribution in [0, 0.1) is 6.92 Å². The molecule has 0 bridgehead atoms. The number of amides is 1. The van der Waals surface area contributed by atoms with Crippen molar-refractivity contribution in [3.05, 3.63) is 59.8 Å². The number of carbonyl (C=O) groups is 1. The number of hydrazine groups is 1. The molecule has 6 nitrogen and oxygen atoms in total. The molecule has 1 aromatic heterocycles. The van der Waals surface area contributed by atoms with E-state index in [9.17, 15) is 9.90 Å². The first-order valence-corrected chi connectivity index (χ1v) is 8.25. The fourth-order valence-electron chi connectivity index (χ4n) is 2.92. The number of rotatable bonds is 3. The van der Waals surface area contributed by atoms with Gasteiger partial charge < -0.3 is 5.11 Å². The lowest BCUT2D eigenvalue weighted by Crippen LogP contribution is -2.58. The van der Waals surface area contributed by atoms with Gasteiger partial charge in [-0.05, 0) is 25.1 Å². The summed E-state index contributed by atoms with van der Waals surface area (Å²) in [5.41, 5.74) is 5.77. The number of anilines is 1. The van der Waals surface area contributed by atoms with Gasteiger partial charge in [0, 0.05) is 5.56 Å². The highest BCUT2D eigenvalue weighted by molar-refractivity contribution is 6.33. The van der Waals surface area contributed by atoms with Crippen LogP contribution < -0.4 is 5.43 Å². The van der Waals surface area contributed by atoms with Crippen molar-refractivity contribution in [2.75, 3.05) is 5.43 Å². The quantitative estimate of drug-likeness (QED) is 0.558. The maximum absolute atomic E-state index is 12.2. The molecular weight excluding hydrogens is 340 g/mol. The normalized spacial score (nSPS) is 19.8. The van der Waals surface area contributed by atoms with E-state index in [1.165, 1.54) is 5.01 Å². The van der Waals surface area contributed by atoms with Crippen LogP contribution in [0.3, 0.4) is 0 Å². The van der Waals surface area contributed by atoms with Gasteiger partial charge in [0.25, 0.3) is 5.91 Å². The van der Waals surface area contributed by atoms with Gasteiger partial charge in [0.2, 0.25) is 0 Å². The van der Waals surface area contributed by atoms with Crippen molar-refractivity contribution in [2.24, 2.45) is 0 Å². The number of aromatic hydroxyl groups is 1. The molecule has 7 heteroatoms. The second-order valence-corrected chi connectivity index (χ2v) is 6.34. The lowest BCUT2D eigenvalue weighted by molar-refractivity contribution is -0.143. The molecule has 2 heterocycles. The van der Waals surface area contributed by atoms with Crippen molar-refractivity contribution in [3.63, 3.8) is 0 Å². The number of β-lactam (4-membered cyclic amide) rings is 1. The fraction of sp³-hybridized carbons (Fsp3) is 0.167. The zero-order valence-electron chi connectivity index (χ0n) is 13.3. The zero-order chi connectivity index (χ0) is 17.6. The molecule has 4 rings (SSSR count). The molecule has 0 aliphatic carbocycles. The van der Waals surface area contributed by atoms with Crippen molar-refractivity contribution in [3.8, 4) is 5.75 Å². The number of aryl methyl sites for hydroxylation is 1. The van der Waals surface area contributed by atoms with Gasteiger partial charge in [-0.2, -0.15) is 0 Å². The third kappa shape index (κ3) is 2.55. The van der Waals surface area contributed by atoms with Crippen LogP contribution in [0.5, 0.6) is 5.75 Å². The summed E-state index contributed by atoms with van der Waals surface area (Å²) in [4.78, 5) is 21.3. The van der Waals surface area contributed by atoms with Crippen LogP contribution in [0.1, 0.15) is 17.3 Å². The summed E-state index contributed by atoms with van der Waals surface area (Å²) in [5, 5.41) is 10.7. The van der Waals surface area contributed by atoms with Crippen LogP contribution in [-0.2, 0) is 4.79 Å². The van der Waals surface area contributed by atoms with E-state index in [4.69, 9.17) is 11.6 Å². The number of hydrogen-bond acceptors (Lipinski definition) is 5. The Balaban J connectivity index is 1.69. The van der Waals surface area contributed by atoms with E-state index >= 15 is 0 Å². The Kier molecular flexibility index (Phi) is 3.69. The molecule has 1 fully saturated rings. The van der Waals surface area contributed by atoms with Gasteiger partial charge in [-0.15, -0.1) is 11.6 Å². The predicted octanol–water partition coefficient (Wildman–Crippen LogP) is 3.16. The van der Waals surface area contributed by atoms with Crippen LogP contribution in [0.2, 0.25) is 0 Å². The SMILES string of the molecule is Cc1nc2ccccc2nc1NN1C(=O)C(Cl)C1c1ccccc1O. The Labute approximate surface area is 149 Å². The van der Waals surface area contributed by atoms with Crippen molar-refractivity contribution >= 4 is 34.4 Å². The summed E-state index contributed by atoms with van der Waals surface area (Å²) in [6, 6.07) is 13.9. The molecule has 2 aromatic carbocycles. The molecule has 1 saturated heterocycles. The minimum absolute atomic E-state index is 0.0961. The van der Waals surface area contributed by atoms with E-state index in [-0.39, 0.29) is 11.7 Å². The van der Waals surface area contributed by atoms with Gasteiger partial charge in [0.1, 0.15) is 17.2 Å². The van der Waals surface area contributed by atoms with Crippen molar-refractivity contribution in [2.45, 2.75) is 18.3 Å². The molecule has 3 aromatic rings. The number of fused-ring (bicyclic) bond motifs is 1. The van der Waals surface area contributed by atoms with Gasteiger partial charge >= 0.3 is 0 Å². The molecule has 2 N–H and O–H groups in total. The Bertz CT molecular complexity index is 978. The highest BCUT2D eigenvalue weighted by Gasteiger charge is 2.49. The first-order valence-electron chi connectivity index (χ1n) is 7.81. The standard InChI is InChI=1S/C18H15ClN4O2/c1-10-17(21-13-8-4-3-7-12(13)20-10)22-23-16(15(19)18(23)25)11-6-2-5-9-14(11)24/h2-9,15-16,24H,1H3,(H,21,22). The summed E-state index contributed by atoms with van der Waals surface area (Å²) >= 11 is 6.19. The maximum atomic E-state index is 12.2. The lowest BCUT2D eigenvalue weighted by Gasteiger charge is -2.44. The van der Waals surface area contributed by atoms with Crippen molar-refractivity contribution in [1.82, 2.24) is 15.0 Å². The van der Waals surface area contributed by atoms with E-state index < -0.39 is 11.4 Å². The third-order valence-electron chi connectivity index (χ3n) is 4.26. The minimum atomic E-state index is -0.741. The fourth-order valence-corrected chi connectivity index (χ4v) is 3.27. The average molecular weight is 355 g/mol. The number of nitrogens with one attached hydrogen (secondary N) is 1. The van der Waals surface area contributed by atoms with Crippen molar-refractivity contribution < 1.29 is 9.90 Å². The van der Waals surface area contributed by atoms with Gasteiger partial charge in [-0.3, -0.25) is 10.2 Å². The number of carbonyl (C=O) groups excluding carboxylic acids is 1. The van der Waals surface area contributed by atoms with E-state index in [0.29, 0.717) is 17.1 Å². The van der Waals surface area contributed by atoms with E-state index in [1.54, 1.807) is 24.3 Å². The maximum Gasteiger partial charge on any atom is 0.262 e. The number of nitrogens with zero attached hydrogens (tertiary/aromatic N) is 3. The van der Waals surface area contributed by atoms with E-state index in [0.717, 1.165) is 11.0 Å². The smallest absolute Gasteiger partial charge is 0.262 e. The van der Waals surface area contributed by atoms with E-state index in [2.05, 4.69) is 15.4 Å². The Morgan fingerprint density at radius 3 is 2.44 bits per heavy atom. The molecular formula is C18H15ClN4O2. The molecule has 126 valence electrons. The number of alkyl halides is 1. The molecule has 1 aliphatic heterocycles. The zero-order valence-corrected chi connectivity index (χ0v) is 14.1. The molecule has 0 radical (unpaired) electrons. The molecule has 0 spiro atoms. The van der Waals surface area contributed by atoms with E-state index in [1.807, 2.05) is 31.2 Å². The molecule has 2 unspecified atom stereocenters. The highest BCUT2D eigenvalue weighted by Crippen LogP contribution is 2.41. The number of phenols is 1. The monoisotopic (exact) mass is 354 g/mol. The first kappa shape index (κ1) is 15.7. The predicted molar refractivity (Wildman–Crippen MR) is 95.2 cm³/mol. The van der Waals surface area contributed by atoms with Gasteiger partial charge in [-0.25, -0.2) is 15.0 Å². The number of aromatic nitrogens is 2. The Morgan fingerprint density at radius 2 is 1.72 bits per heavy atom. The third-order valence-corrected chi connectivity index (χ3v) is 4.68. The molecule has 25 heavy (non-hydrogen) atoms. The summed E-state index contributed by atoms with van der Waals surface area (Å²) in [7, 11) is 0. The molecule has 1 aliphatic rings. The number of para-hydroxylation sites is 3. The average Bonchev–Trinajstić information content (AvgIpc) is 2.62. The number of benzene rings is 2. The van der Waals surface area contributed by atoms with Crippen LogP contribution >= 0.6 is 11.6 Å². The summed E-state index contributed by atoms with van der Waals surface area (Å²) in [5.74, 6) is 0.305. The minimum Gasteiger partial charge on any atom is -0.508 e. The summed E-state index contributed by atoms with van der Waals surface area (Å²) in [6.07, 6.45) is 0. The molecule has 0 saturated carbocycles. The topological polar surface area (TPSA) is 78.4 Å². The molecule has 1 amide bonds. The number of phenolic OH excluding ortho intramolecular Hbond substituents is 1. The number of hydrogen-bond donors (Lipinski definition) is 2. The first-order chi connectivity index (χ1) is 12.1. The molecule has 2 atom stereocenters. The van der Waals surface area contributed by atoms with Gasteiger partial charge in [0.15, 0.2) is 5.82 Å². The van der Waals surface area contributed by atoms with Crippen LogP contribution in [0.15, 0.2) is 48.5 Å². The van der Waals surface area contributed by atoms with Crippen LogP contribution in [0.25, 0.3) is 11.0 Å². The Hall–Kier alpha value is -2.86. The van der Waals surface area contributed by atoms with Crippen LogP contribution in [0.4, 0.5) is 5.82 Å².